The van der Waals surface area contributed by atoms with Gasteiger partial charge < -0.3 is 21.0 Å². The number of thioether (sulfide) groups is 1. The number of β-lactam (4-membered cyclic amide) rings is 1. The highest BCUT2D eigenvalue weighted by Crippen LogP contribution is 2.40. The third kappa shape index (κ3) is 3.45. The topological polar surface area (TPSA) is 147 Å². The van der Waals surface area contributed by atoms with Crippen molar-refractivity contribution in [1.29, 1.82) is 0 Å². The second kappa shape index (κ2) is 7.27. The number of hydrogen-bond donors (Lipinski definition) is 3. The lowest BCUT2D eigenvalue weighted by atomic mass is 10.0. The van der Waals surface area contributed by atoms with Gasteiger partial charge in [0, 0.05) is 5.25 Å². The second-order valence-corrected chi connectivity index (χ2v) is 7.32. The zero-order valence-electron chi connectivity index (χ0n) is 14.4. The lowest BCUT2D eigenvalue weighted by Gasteiger charge is -2.49. The molecule has 2 unspecified atom stereocenters. The molecule has 3 atom stereocenters. The third-order valence-corrected chi connectivity index (χ3v) is 5.29. The first-order chi connectivity index (χ1) is 12.8. The lowest BCUT2D eigenvalue weighted by molar-refractivity contribution is -0.150. The predicted molar refractivity (Wildman–Crippen MR) is 97.5 cm³/mol. The van der Waals surface area contributed by atoms with E-state index in [0.29, 0.717) is 0 Å². The number of carbonyl (C=O) groups is 3. The van der Waals surface area contributed by atoms with Gasteiger partial charge in [0.15, 0.2) is 5.71 Å². The molecule has 10 nitrogen and oxygen atoms in total. The molecule has 4 N–H and O–H groups in total. The summed E-state index contributed by atoms with van der Waals surface area (Å²) in [5.41, 5.74) is 5.61. The number of oxime groups is 1. The van der Waals surface area contributed by atoms with Crippen molar-refractivity contribution in [2.24, 2.45) is 5.16 Å². The van der Waals surface area contributed by atoms with Crippen LogP contribution >= 0.6 is 11.8 Å². The van der Waals surface area contributed by atoms with Gasteiger partial charge in [-0.25, -0.2) is 9.78 Å². The fourth-order valence-corrected chi connectivity index (χ4v) is 4.15. The molecule has 3 heterocycles. The summed E-state index contributed by atoms with van der Waals surface area (Å²) < 4.78 is 0. The Morgan fingerprint density at radius 1 is 1.44 bits per heavy atom. The van der Waals surface area contributed by atoms with Crippen molar-refractivity contribution < 1.29 is 24.3 Å². The Balaban J connectivity index is 1.80. The molecule has 0 aliphatic carbocycles. The van der Waals surface area contributed by atoms with Crippen molar-refractivity contribution in [3.8, 4) is 0 Å². The summed E-state index contributed by atoms with van der Waals surface area (Å²) in [6.07, 6.45) is 1.51. The quantitative estimate of drug-likeness (QED) is 0.354. The summed E-state index contributed by atoms with van der Waals surface area (Å²) in [5.74, 6) is -2.16. The van der Waals surface area contributed by atoms with Crippen molar-refractivity contribution in [2.75, 3.05) is 12.8 Å². The highest BCUT2D eigenvalue weighted by molar-refractivity contribution is 8.00. The molecule has 2 aliphatic rings. The molecular formula is C16H17N5O5S. The van der Waals surface area contributed by atoms with Gasteiger partial charge in [0.25, 0.3) is 11.8 Å². The van der Waals surface area contributed by atoms with Crippen LogP contribution in [0.3, 0.4) is 0 Å². The van der Waals surface area contributed by atoms with E-state index in [1.54, 1.807) is 12.1 Å². The number of carboxylic acid groups (broad SMARTS) is 1. The number of hydrogen-bond acceptors (Lipinski definition) is 8. The molecule has 1 aromatic rings. The minimum atomic E-state index is -1.18. The summed E-state index contributed by atoms with van der Waals surface area (Å²) in [4.78, 5) is 46.3. The van der Waals surface area contributed by atoms with Gasteiger partial charge in [-0.2, -0.15) is 0 Å². The molecule has 11 heteroatoms. The summed E-state index contributed by atoms with van der Waals surface area (Å²) in [5, 5.41) is 14.9. The Morgan fingerprint density at radius 3 is 2.81 bits per heavy atom. The molecule has 0 radical (unpaired) electrons. The first-order valence-electron chi connectivity index (χ1n) is 7.92. The van der Waals surface area contributed by atoms with Crippen LogP contribution in [0.15, 0.2) is 35.1 Å². The van der Waals surface area contributed by atoms with Crippen molar-refractivity contribution >= 4 is 41.1 Å². The van der Waals surface area contributed by atoms with Gasteiger partial charge in [-0.3, -0.25) is 14.5 Å². The SMILES string of the molecule is CON=C(C(=O)NC1C(=O)N2C(C(=O)O)=CC(C)S[C@@H]12)c1cccc(N)n1. The molecule has 0 bridgehead atoms. The fraction of sp³-hybridized carbons (Fsp3) is 0.312. The molecule has 0 spiro atoms. The van der Waals surface area contributed by atoms with E-state index < -0.39 is 29.2 Å². The number of fused-ring (bicyclic) bond motifs is 1. The van der Waals surface area contributed by atoms with Gasteiger partial charge in [0.2, 0.25) is 0 Å². The zero-order chi connectivity index (χ0) is 19.7. The molecule has 0 saturated carbocycles. The van der Waals surface area contributed by atoms with Gasteiger partial charge >= 0.3 is 5.97 Å². The van der Waals surface area contributed by atoms with Crippen LogP contribution in [0.25, 0.3) is 0 Å². The number of amides is 2. The Morgan fingerprint density at radius 2 is 2.19 bits per heavy atom. The highest BCUT2D eigenvalue weighted by atomic mass is 32.2. The minimum Gasteiger partial charge on any atom is -0.477 e. The Kier molecular flexibility index (Phi) is 5.04. The van der Waals surface area contributed by atoms with Gasteiger partial charge in [-0.05, 0) is 25.1 Å². The van der Waals surface area contributed by atoms with Crippen LogP contribution in [-0.2, 0) is 19.2 Å². The maximum atomic E-state index is 12.7. The molecule has 2 aliphatic heterocycles. The number of nitrogens with zero attached hydrogens (tertiary/aromatic N) is 3. The van der Waals surface area contributed by atoms with E-state index in [9.17, 15) is 19.5 Å². The Hall–Kier alpha value is -3.08. The van der Waals surface area contributed by atoms with Crippen molar-refractivity contribution in [1.82, 2.24) is 15.2 Å². The zero-order valence-corrected chi connectivity index (χ0v) is 15.3. The Labute approximate surface area is 158 Å². The van der Waals surface area contributed by atoms with Crippen LogP contribution in [0.4, 0.5) is 5.82 Å². The number of carboxylic acids is 1. The van der Waals surface area contributed by atoms with E-state index in [-0.39, 0.29) is 28.2 Å². The van der Waals surface area contributed by atoms with Crippen LogP contribution < -0.4 is 11.1 Å². The average molecular weight is 391 g/mol. The van der Waals surface area contributed by atoms with Crippen molar-refractivity contribution in [3.05, 3.63) is 35.7 Å². The van der Waals surface area contributed by atoms with Crippen LogP contribution in [0.5, 0.6) is 0 Å². The number of nitrogens with one attached hydrogen (secondary N) is 1. The van der Waals surface area contributed by atoms with Gasteiger partial charge in [-0.1, -0.05) is 11.2 Å². The number of rotatable bonds is 5. The molecule has 27 heavy (non-hydrogen) atoms. The van der Waals surface area contributed by atoms with Crippen LogP contribution in [-0.4, -0.2) is 62.3 Å². The molecule has 1 fully saturated rings. The lowest BCUT2D eigenvalue weighted by Crippen LogP contribution is -2.71. The first kappa shape index (κ1) is 18.7. The number of aromatic nitrogens is 1. The monoisotopic (exact) mass is 391 g/mol. The van der Waals surface area contributed by atoms with E-state index in [1.165, 1.54) is 35.9 Å². The first-order valence-corrected chi connectivity index (χ1v) is 8.86. The number of carbonyl (C=O) groups excluding carboxylic acids is 2. The van der Waals surface area contributed by atoms with E-state index in [0.717, 1.165) is 0 Å². The average Bonchev–Trinajstić information content (AvgIpc) is 2.63. The maximum Gasteiger partial charge on any atom is 0.352 e. The largest absolute Gasteiger partial charge is 0.477 e. The fourth-order valence-electron chi connectivity index (χ4n) is 2.82. The summed E-state index contributed by atoms with van der Waals surface area (Å²) in [6, 6.07) is 3.82. The molecule has 2 amide bonds. The number of nitrogens with two attached hydrogens (primary N) is 1. The van der Waals surface area contributed by atoms with Crippen molar-refractivity contribution in [2.45, 2.75) is 23.6 Å². The van der Waals surface area contributed by atoms with E-state index in [4.69, 9.17) is 10.6 Å². The summed E-state index contributed by atoms with van der Waals surface area (Å²) >= 11 is 1.38. The number of pyridine rings is 1. The Bertz CT molecular complexity index is 871. The normalized spacial score (nSPS) is 24.4. The molecule has 1 saturated heterocycles. The van der Waals surface area contributed by atoms with E-state index >= 15 is 0 Å². The molecule has 142 valence electrons. The number of nitrogen functional groups attached to an aromatic ring is 1. The highest BCUT2D eigenvalue weighted by Gasteiger charge is 2.54. The van der Waals surface area contributed by atoms with Gasteiger partial charge in [0.1, 0.15) is 35.7 Å². The van der Waals surface area contributed by atoms with Gasteiger partial charge in [0.05, 0.1) is 0 Å². The van der Waals surface area contributed by atoms with Crippen LogP contribution in [0.1, 0.15) is 12.6 Å². The van der Waals surface area contributed by atoms with Crippen LogP contribution in [0.2, 0.25) is 0 Å². The molecular weight excluding hydrogens is 374 g/mol. The van der Waals surface area contributed by atoms with Crippen LogP contribution in [0, 0.1) is 0 Å². The summed E-state index contributed by atoms with van der Waals surface area (Å²) in [6.45, 7) is 1.82. The number of anilines is 1. The second-order valence-electron chi connectivity index (χ2n) is 5.82. The van der Waals surface area contributed by atoms with Gasteiger partial charge in [-0.15, -0.1) is 11.8 Å². The van der Waals surface area contributed by atoms with E-state index in [2.05, 4.69) is 15.5 Å². The third-order valence-electron chi connectivity index (χ3n) is 3.97. The molecule has 1 aromatic heterocycles. The predicted octanol–water partition coefficient (Wildman–Crippen LogP) is -0.229. The molecule has 0 aromatic carbocycles. The smallest absolute Gasteiger partial charge is 0.352 e. The maximum absolute atomic E-state index is 12.7. The number of aliphatic carboxylic acids is 1. The van der Waals surface area contributed by atoms with Crippen molar-refractivity contribution in [3.63, 3.8) is 0 Å². The standard InChI is InChI=1S/C16H17N5O5S/c1-7-6-9(16(24)25)21-14(23)12(15(21)27-7)19-13(22)11(20-26-2)8-4-3-5-10(17)18-8/h3-7,12,15H,1-2H3,(H2,17,18)(H,19,22)(H,24,25)/t7?,12?,15-/m0/s1. The minimum absolute atomic E-state index is 0.0787. The van der Waals surface area contributed by atoms with E-state index in [1.807, 2.05) is 6.92 Å². The molecule has 3 rings (SSSR count). The summed E-state index contributed by atoms with van der Waals surface area (Å²) in [7, 11) is 1.28.